The summed E-state index contributed by atoms with van der Waals surface area (Å²) in [6, 6.07) is 7.88. The lowest BCUT2D eigenvalue weighted by molar-refractivity contribution is -0.136. The first-order valence-corrected chi connectivity index (χ1v) is 8.52. The van der Waals surface area contributed by atoms with Crippen molar-refractivity contribution in [1.82, 2.24) is 14.9 Å². The van der Waals surface area contributed by atoms with E-state index in [1.54, 1.807) is 7.11 Å². The third-order valence-electron chi connectivity index (χ3n) is 4.31. The van der Waals surface area contributed by atoms with E-state index in [4.69, 9.17) is 14.5 Å². The van der Waals surface area contributed by atoms with Gasteiger partial charge >= 0.3 is 0 Å². The molecule has 3 rings (SSSR count). The number of hydrogen-bond donors (Lipinski definition) is 0. The Kier molecular flexibility index (Phi) is 5.78. The predicted octanol–water partition coefficient (Wildman–Crippen LogP) is 1.25. The van der Waals surface area contributed by atoms with Crippen LogP contribution in [0.3, 0.4) is 0 Å². The Bertz CT molecular complexity index is 729. The minimum absolute atomic E-state index is 0.0251. The summed E-state index contributed by atoms with van der Waals surface area (Å²) in [5.74, 6) is 0.930. The number of rotatable bonds is 6. The van der Waals surface area contributed by atoms with E-state index in [-0.39, 0.29) is 12.5 Å². The van der Waals surface area contributed by atoms with Gasteiger partial charge in [0.15, 0.2) is 5.82 Å². The zero-order valence-corrected chi connectivity index (χ0v) is 14.8. The number of nitrogens with zero attached hydrogens (tertiary/aromatic N) is 4. The second-order valence-corrected chi connectivity index (χ2v) is 6.03. The molecule has 134 valence electrons. The average molecular weight is 344 g/mol. The Morgan fingerprint density at radius 2 is 1.76 bits per heavy atom. The van der Waals surface area contributed by atoms with Crippen molar-refractivity contribution < 1.29 is 14.3 Å². The van der Waals surface area contributed by atoms with Crippen LogP contribution in [-0.2, 0) is 14.3 Å². The molecule has 0 atom stereocenters. The molecular formula is C18H24N4O3. The molecule has 0 radical (unpaired) electrons. The number of hydrogen-bond acceptors (Lipinski definition) is 6. The summed E-state index contributed by atoms with van der Waals surface area (Å²) in [5, 5.41) is 0. The fourth-order valence-electron chi connectivity index (χ4n) is 2.94. The van der Waals surface area contributed by atoms with Crippen molar-refractivity contribution in [3.63, 3.8) is 0 Å². The number of carbonyl (C=O) groups is 1. The Labute approximate surface area is 147 Å². The zero-order chi connectivity index (χ0) is 17.6. The molecule has 2 aromatic rings. The van der Waals surface area contributed by atoms with Crippen LogP contribution in [0.4, 0.5) is 5.82 Å². The summed E-state index contributed by atoms with van der Waals surface area (Å²) in [6.07, 6.45) is 0. The lowest BCUT2D eigenvalue weighted by Crippen LogP contribution is -2.50. The Balaban J connectivity index is 1.59. The van der Waals surface area contributed by atoms with Crippen LogP contribution in [0.15, 0.2) is 24.3 Å². The minimum Gasteiger partial charge on any atom is -0.382 e. The highest BCUT2D eigenvalue weighted by molar-refractivity contribution is 5.78. The lowest BCUT2D eigenvalue weighted by atomic mass is 10.2. The van der Waals surface area contributed by atoms with Gasteiger partial charge in [-0.15, -0.1) is 0 Å². The molecule has 1 amide bonds. The van der Waals surface area contributed by atoms with Crippen LogP contribution in [-0.4, -0.2) is 73.9 Å². The van der Waals surface area contributed by atoms with Gasteiger partial charge in [-0.3, -0.25) is 4.79 Å². The number of benzene rings is 1. The van der Waals surface area contributed by atoms with Crippen molar-refractivity contribution in [2.24, 2.45) is 0 Å². The molecule has 7 nitrogen and oxygen atoms in total. The number of methoxy groups -OCH3 is 1. The number of anilines is 1. The third kappa shape index (κ3) is 4.24. The van der Waals surface area contributed by atoms with E-state index in [9.17, 15) is 4.79 Å². The smallest absolute Gasteiger partial charge is 0.248 e. The van der Waals surface area contributed by atoms with Gasteiger partial charge in [-0.05, 0) is 19.1 Å². The van der Waals surface area contributed by atoms with Gasteiger partial charge < -0.3 is 19.3 Å². The number of para-hydroxylation sites is 2. The van der Waals surface area contributed by atoms with Crippen LogP contribution in [0.5, 0.6) is 0 Å². The predicted molar refractivity (Wildman–Crippen MR) is 95.8 cm³/mol. The molecule has 0 unspecified atom stereocenters. The van der Waals surface area contributed by atoms with E-state index in [2.05, 4.69) is 9.88 Å². The Morgan fingerprint density at radius 3 is 2.44 bits per heavy atom. The molecular weight excluding hydrogens is 320 g/mol. The van der Waals surface area contributed by atoms with Crippen molar-refractivity contribution in [2.75, 3.05) is 58.0 Å². The van der Waals surface area contributed by atoms with E-state index >= 15 is 0 Å². The van der Waals surface area contributed by atoms with Gasteiger partial charge in [0, 0.05) is 33.3 Å². The first-order chi connectivity index (χ1) is 12.2. The molecule has 1 fully saturated rings. The molecule has 2 heterocycles. The quantitative estimate of drug-likeness (QED) is 0.735. The summed E-state index contributed by atoms with van der Waals surface area (Å²) in [6.45, 7) is 5.86. The van der Waals surface area contributed by atoms with Gasteiger partial charge in [0.1, 0.15) is 6.61 Å². The van der Waals surface area contributed by atoms with E-state index in [0.29, 0.717) is 26.3 Å². The van der Waals surface area contributed by atoms with Gasteiger partial charge in [0.25, 0.3) is 0 Å². The summed E-state index contributed by atoms with van der Waals surface area (Å²) in [5.41, 5.74) is 2.72. The van der Waals surface area contributed by atoms with Gasteiger partial charge in [0.2, 0.25) is 5.91 Å². The van der Waals surface area contributed by atoms with Crippen LogP contribution in [0, 0.1) is 6.92 Å². The number of piperazine rings is 1. The summed E-state index contributed by atoms with van der Waals surface area (Å²) < 4.78 is 10.2. The van der Waals surface area contributed by atoms with Crippen LogP contribution in [0.1, 0.15) is 5.69 Å². The molecule has 0 bridgehead atoms. The molecule has 0 N–H and O–H groups in total. The van der Waals surface area contributed by atoms with Crippen LogP contribution < -0.4 is 4.90 Å². The highest BCUT2D eigenvalue weighted by Gasteiger charge is 2.23. The largest absolute Gasteiger partial charge is 0.382 e. The summed E-state index contributed by atoms with van der Waals surface area (Å²) in [4.78, 5) is 25.6. The molecule has 25 heavy (non-hydrogen) atoms. The zero-order valence-electron chi connectivity index (χ0n) is 14.8. The van der Waals surface area contributed by atoms with Gasteiger partial charge in [-0.25, -0.2) is 9.97 Å². The number of aryl methyl sites for hydroxylation is 1. The number of amides is 1. The lowest BCUT2D eigenvalue weighted by Gasteiger charge is -2.35. The van der Waals surface area contributed by atoms with Crippen molar-refractivity contribution >= 4 is 22.8 Å². The number of fused-ring (bicyclic) bond motifs is 1. The molecule has 1 aliphatic heterocycles. The standard InChI is InChI=1S/C18H24N4O3/c1-14-18(20-16-6-4-3-5-15(16)19-14)22-9-7-21(8-10-22)17(23)13-25-12-11-24-2/h3-6H,7-13H2,1-2H3. The average Bonchev–Trinajstić information content (AvgIpc) is 2.64. The molecule has 0 saturated carbocycles. The molecule has 1 aromatic carbocycles. The van der Waals surface area contributed by atoms with Crippen molar-refractivity contribution in [3.05, 3.63) is 30.0 Å². The first-order valence-electron chi connectivity index (χ1n) is 8.52. The Hall–Kier alpha value is -2.25. The van der Waals surface area contributed by atoms with Crippen molar-refractivity contribution in [2.45, 2.75) is 6.92 Å². The monoisotopic (exact) mass is 344 g/mol. The van der Waals surface area contributed by atoms with Gasteiger partial charge in [-0.1, -0.05) is 12.1 Å². The van der Waals surface area contributed by atoms with Gasteiger partial charge in [-0.2, -0.15) is 0 Å². The maximum atomic E-state index is 12.2. The van der Waals surface area contributed by atoms with Crippen molar-refractivity contribution in [1.29, 1.82) is 0 Å². The normalized spacial score (nSPS) is 15.0. The van der Waals surface area contributed by atoms with E-state index in [0.717, 1.165) is 35.6 Å². The molecule has 1 aliphatic rings. The van der Waals surface area contributed by atoms with Crippen LogP contribution in [0.2, 0.25) is 0 Å². The van der Waals surface area contributed by atoms with Gasteiger partial charge in [0.05, 0.1) is 29.9 Å². The highest BCUT2D eigenvalue weighted by Crippen LogP contribution is 2.21. The molecule has 7 heteroatoms. The highest BCUT2D eigenvalue weighted by atomic mass is 16.5. The second kappa shape index (κ2) is 8.22. The second-order valence-electron chi connectivity index (χ2n) is 6.03. The topological polar surface area (TPSA) is 67.8 Å². The maximum absolute atomic E-state index is 12.2. The van der Waals surface area contributed by atoms with E-state index in [1.165, 1.54) is 0 Å². The SMILES string of the molecule is COCCOCC(=O)N1CCN(c2nc3ccccc3nc2C)CC1. The summed E-state index contributed by atoms with van der Waals surface area (Å²) >= 11 is 0. The molecule has 1 saturated heterocycles. The third-order valence-corrected chi connectivity index (χ3v) is 4.31. The molecule has 0 aliphatic carbocycles. The van der Waals surface area contributed by atoms with E-state index < -0.39 is 0 Å². The van der Waals surface area contributed by atoms with Crippen molar-refractivity contribution in [3.8, 4) is 0 Å². The molecule has 0 spiro atoms. The molecule has 1 aromatic heterocycles. The Morgan fingerprint density at radius 1 is 1.08 bits per heavy atom. The van der Waals surface area contributed by atoms with Crippen LogP contribution in [0.25, 0.3) is 11.0 Å². The number of ether oxygens (including phenoxy) is 2. The fourth-order valence-corrected chi connectivity index (χ4v) is 2.94. The first kappa shape index (κ1) is 17.6. The number of carbonyl (C=O) groups excluding carboxylic acids is 1. The maximum Gasteiger partial charge on any atom is 0.248 e. The van der Waals surface area contributed by atoms with E-state index in [1.807, 2.05) is 36.1 Å². The fraction of sp³-hybridized carbons (Fsp3) is 0.500. The minimum atomic E-state index is 0.0251. The number of aromatic nitrogens is 2. The van der Waals surface area contributed by atoms with Crippen LogP contribution >= 0.6 is 0 Å². The summed E-state index contributed by atoms with van der Waals surface area (Å²) in [7, 11) is 1.61.